The van der Waals surface area contributed by atoms with Crippen LogP contribution in [0.5, 0.6) is 0 Å². The number of hydrogen-bond acceptors (Lipinski definition) is 3. The van der Waals surface area contributed by atoms with E-state index in [-0.39, 0.29) is 17.9 Å². The van der Waals surface area contributed by atoms with E-state index < -0.39 is 0 Å². The van der Waals surface area contributed by atoms with Gasteiger partial charge in [0.2, 0.25) is 5.91 Å². The number of nitrogens with zero attached hydrogens (tertiary/aromatic N) is 2. The van der Waals surface area contributed by atoms with E-state index in [1.54, 1.807) is 7.11 Å². The largest absolute Gasteiger partial charge is 0.384 e. The minimum atomic E-state index is -0.0618. The monoisotopic (exact) mass is 355 g/mol. The number of nitrogens with one attached hydrogen (secondary N) is 1. The van der Waals surface area contributed by atoms with Crippen molar-refractivity contribution < 1.29 is 14.3 Å². The molecule has 2 aromatic rings. The van der Waals surface area contributed by atoms with Gasteiger partial charge >= 0.3 is 0 Å². The Morgan fingerprint density at radius 1 is 1.12 bits per heavy atom. The number of methoxy groups -OCH3 is 1. The zero-order chi connectivity index (χ0) is 18.4. The van der Waals surface area contributed by atoms with Gasteiger partial charge in [0.05, 0.1) is 13.0 Å². The van der Waals surface area contributed by atoms with Crippen LogP contribution in [0.1, 0.15) is 29.6 Å². The molecule has 2 amide bonds. The lowest BCUT2D eigenvalue weighted by atomic mass is 10.0. The molecule has 1 aliphatic rings. The molecular formula is C20H25N3O3. The van der Waals surface area contributed by atoms with Gasteiger partial charge < -0.3 is 19.5 Å². The lowest BCUT2D eigenvalue weighted by Gasteiger charge is -2.32. The van der Waals surface area contributed by atoms with Crippen LogP contribution in [0.2, 0.25) is 0 Å². The normalized spacial score (nSPS) is 15.0. The second kappa shape index (κ2) is 8.67. The average molecular weight is 355 g/mol. The molecule has 6 nitrogen and oxygen atoms in total. The Balaban J connectivity index is 1.49. The summed E-state index contributed by atoms with van der Waals surface area (Å²) in [4.78, 5) is 26.3. The molecule has 0 saturated carbocycles. The van der Waals surface area contributed by atoms with Crippen LogP contribution in [0, 0.1) is 0 Å². The highest BCUT2D eigenvalue weighted by Gasteiger charge is 2.23. The maximum atomic E-state index is 12.5. The second-order valence-electron chi connectivity index (χ2n) is 6.51. The number of ether oxygens (including phenoxy) is 1. The van der Waals surface area contributed by atoms with Gasteiger partial charge in [0.1, 0.15) is 0 Å². The van der Waals surface area contributed by atoms with Gasteiger partial charge in [0, 0.05) is 49.9 Å². The fourth-order valence-electron chi connectivity index (χ4n) is 3.18. The van der Waals surface area contributed by atoms with Crippen molar-refractivity contribution in [3.8, 4) is 5.69 Å². The standard InChI is InChI=1S/C20H25N3O3/c1-26-15-10-19(24)23-13-8-17(9-14-23)21-20(25)16-4-6-18(7-5-16)22-11-2-3-12-22/h2-7,11-12,17H,8-10,13-15H2,1H3,(H,21,25). The van der Waals surface area contributed by atoms with Gasteiger partial charge in [-0.3, -0.25) is 9.59 Å². The van der Waals surface area contributed by atoms with Gasteiger partial charge in [-0.2, -0.15) is 0 Å². The van der Waals surface area contributed by atoms with Crippen LogP contribution < -0.4 is 5.32 Å². The highest BCUT2D eigenvalue weighted by Crippen LogP contribution is 2.14. The topological polar surface area (TPSA) is 63.6 Å². The smallest absolute Gasteiger partial charge is 0.251 e. The number of aromatic nitrogens is 1. The molecule has 0 atom stereocenters. The molecule has 0 radical (unpaired) electrons. The zero-order valence-corrected chi connectivity index (χ0v) is 15.1. The highest BCUT2D eigenvalue weighted by atomic mass is 16.5. The quantitative estimate of drug-likeness (QED) is 0.864. The molecule has 26 heavy (non-hydrogen) atoms. The number of carbonyl (C=O) groups is 2. The SMILES string of the molecule is COCCC(=O)N1CCC(NC(=O)c2ccc(-n3cccc3)cc2)CC1. The van der Waals surface area contributed by atoms with Crippen molar-refractivity contribution in [3.05, 3.63) is 54.4 Å². The fraction of sp³-hybridized carbons (Fsp3) is 0.400. The van der Waals surface area contributed by atoms with Gasteiger partial charge in [0.25, 0.3) is 5.91 Å². The van der Waals surface area contributed by atoms with E-state index in [0.717, 1.165) is 18.5 Å². The third-order valence-corrected chi connectivity index (χ3v) is 4.74. The van der Waals surface area contributed by atoms with Crippen molar-refractivity contribution in [1.29, 1.82) is 0 Å². The Labute approximate surface area is 153 Å². The van der Waals surface area contributed by atoms with E-state index in [9.17, 15) is 9.59 Å². The van der Waals surface area contributed by atoms with Crippen LogP contribution >= 0.6 is 0 Å². The second-order valence-corrected chi connectivity index (χ2v) is 6.51. The number of hydrogen-bond donors (Lipinski definition) is 1. The van der Waals surface area contributed by atoms with E-state index in [0.29, 0.717) is 31.7 Å². The molecule has 3 rings (SSSR count). The molecule has 1 aromatic carbocycles. The van der Waals surface area contributed by atoms with E-state index in [1.165, 1.54) is 0 Å². The van der Waals surface area contributed by atoms with Gasteiger partial charge in [0.15, 0.2) is 0 Å². The van der Waals surface area contributed by atoms with Crippen LogP contribution in [0.15, 0.2) is 48.8 Å². The molecule has 2 heterocycles. The highest BCUT2D eigenvalue weighted by molar-refractivity contribution is 5.94. The van der Waals surface area contributed by atoms with Gasteiger partial charge in [-0.15, -0.1) is 0 Å². The number of benzene rings is 1. The first-order valence-corrected chi connectivity index (χ1v) is 8.98. The Hall–Kier alpha value is -2.60. The molecule has 0 spiro atoms. The molecule has 1 aromatic heterocycles. The predicted octanol–water partition coefficient (Wildman–Crippen LogP) is 2.23. The first kappa shape index (κ1) is 18.2. The van der Waals surface area contributed by atoms with Gasteiger partial charge in [-0.1, -0.05) is 0 Å². The van der Waals surface area contributed by atoms with Crippen molar-refractivity contribution >= 4 is 11.8 Å². The van der Waals surface area contributed by atoms with Crippen molar-refractivity contribution in [2.75, 3.05) is 26.8 Å². The fourth-order valence-corrected chi connectivity index (χ4v) is 3.18. The van der Waals surface area contributed by atoms with Crippen LogP contribution in [-0.2, 0) is 9.53 Å². The molecule has 1 N–H and O–H groups in total. The molecule has 0 bridgehead atoms. The van der Waals surface area contributed by atoms with Crippen LogP contribution in [0.4, 0.5) is 0 Å². The van der Waals surface area contributed by atoms with Crippen LogP contribution in [0.3, 0.4) is 0 Å². The summed E-state index contributed by atoms with van der Waals surface area (Å²) >= 11 is 0. The predicted molar refractivity (Wildman–Crippen MR) is 99.3 cm³/mol. The molecular weight excluding hydrogens is 330 g/mol. The Morgan fingerprint density at radius 2 is 1.77 bits per heavy atom. The molecule has 1 aliphatic heterocycles. The molecule has 6 heteroatoms. The lowest BCUT2D eigenvalue weighted by Crippen LogP contribution is -2.46. The summed E-state index contributed by atoms with van der Waals surface area (Å²) in [7, 11) is 1.60. The number of carbonyl (C=O) groups excluding carboxylic acids is 2. The van der Waals surface area contributed by atoms with Crippen molar-refractivity contribution in [1.82, 2.24) is 14.8 Å². The summed E-state index contributed by atoms with van der Waals surface area (Å²) in [5.41, 5.74) is 1.67. The van der Waals surface area contributed by atoms with E-state index in [2.05, 4.69) is 5.32 Å². The first-order chi connectivity index (χ1) is 12.7. The third kappa shape index (κ3) is 4.52. The van der Waals surface area contributed by atoms with Crippen LogP contribution in [0.25, 0.3) is 5.69 Å². The maximum absolute atomic E-state index is 12.5. The lowest BCUT2D eigenvalue weighted by molar-refractivity contribution is -0.133. The zero-order valence-electron chi connectivity index (χ0n) is 15.1. The maximum Gasteiger partial charge on any atom is 0.251 e. The summed E-state index contributed by atoms with van der Waals surface area (Å²) in [6, 6.07) is 11.6. The summed E-state index contributed by atoms with van der Waals surface area (Å²) in [6.45, 7) is 1.81. The summed E-state index contributed by atoms with van der Waals surface area (Å²) in [5.74, 6) is 0.0606. The minimum absolute atomic E-state index is 0.0618. The Kier molecular flexibility index (Phi) is 6.07. The van der Waals surface area contributed by atoms with Crippen molar-refractivity contribution in [2.45, 2.75) is 25.3 Å². The van der Waals surface area contributed by atoms with Gasteiger partial charge in [-0.25, -0.2) is 0 Å². The summed E-state index contributed by atoms with van der Waals surface area (Å²) in [6.07, 6.45) is 5.92. The van der Waals surface area contributed by atoms with E-state index in [1.807, 2.05) is 58.3 Å². The Morgan fingerprint density at radius 3 is 2.38 bits per heavy atom. The molecule has 1 saturated heterocycles. The van der Waals surface area contributed by atoms with E-state index in [4.69, 9.17) is 4.74 Å². The van der Waals surface area contributed by atoms with Crippen molar-refractivity contribution in [3.63, 3.8) is 0 Å². The van der Waals surface area contributed by atoms with Gasteiger partial charge in [-0.05, 0) is 49.2 Å². The number of likely N-dealkylation sites (tertiary alicyclic amines) is 1. The molecule has 0 unspecified atom stereocenters. The molecule has 0 aliphatic carbocycles. The third-order valence-electron chi connectivity index (χ3n) is 4.74. The minimum Gasteiger partial charge on any atom is -0.384 e. The summed E-state index contributed by atoms with van der Waals surface area (Å²) < 4.78 is 6.95. The number of piperidine rings is 1. The average Bonchev–Trinajstić information content (AvgIpc) is 3.21. The van der Waals surface area contributed by atoms with Crippen molar-refractivity contribution in [2.24, 2.45) is 0 Å². The molecule has 138 valence electrons. The molecule has 1 fully saturated rings. The van der Waals surface area contributed by atoms with E-state index >= 15 is 0 Å². The Bertz CT molecular complexity index is 717. The first-order valence-electron chi connectivity index (χ1n) is 8.98. The number of amides is 2. The van der Waals surface area contributed by atoms with Crippen LogP contribution in [-0.4, -0.2) is 54.1 Å². The number of rotatable bonds is 6. The summed E-state index contributed by atoms with van der Waals surface area (Å²) in [5, 5.41) is 3.08.